The minimum atomic E-state index is -0.337. The van der Waals surface area contributed by atoms with Crippen LogP contribution in [0.2, 0.25) is 5.02 Å². The first-order valence-corrected chi connectivity index (χ1v) is 8.69. The van der Waals surface area contributed by atoms with Gasteiger partial charge in [-0.25, -0.2) is 9.97 Å². The summed E-state index contributed by atoms with van der Waals surface area (Å²) in [4.78, 5) is 20.8. The standard InChI is InChI=1S/C20H19ClN4O2/c1-13-3-8-18(27-2)16(9-13)25-20(26)17-10-19(24-12-23-17)22-11-14-4-6-15(21)7-5-14/h3-10,12H,11H2,1-2H3,(H,25,26)(H,22,23,24). The van der Waals surface area contributed by atoms with Gasteiger partial charge in [0.1, 0.15) is 23.6 Å². The first-order valence-electron chi connectivity index (χ1n) is 8.31. The van der Waals surface area contributed by atoms with Gasteiger partial charge in [0.25, 0.3) is 5.91 Å². The second-order valence-electron chi connectivity index (χ2n) is 5.93. The number of aryl methyl sites for hydroxylation is 1. The molecule has 1 aromatic heterocycles. The predicted octanol–water partition coefficient (Wildman–Crippen LogP) is 4.31. The number of amides is 1. The molecular formula is C20H19ClN4O2. The monoisotopic (exact) mass is 382 g/mol. The fraction of sp³-hybridized carbons (Fsp3) is 0.150. The lowest BCUT2D eigenvalue weighted by Crippen LogP contribution is -2.15. The molecule has 7 heteroatoms. The summed E-state index contributed by atoms with van der Waals surface area (Å²) < 4.78 is 5.29. The van der Waals surface area contributed by atoms with Crippen LogP contribution in [-0.2, 0) is 6.54 Å². The van der Waals surface area contributed by atoms with Crippen LogP contribution in [0.3, 0.4) is 0 Å². The van der Waals surface area contributed by atoms with Gasteiger partial charge in [0.2, 0.25) is 0 Å². The van der Waals surface area contributed by atoms with E-state index < -0.39 is 0 Å². The van der Waals surface area contributed by atoms with Gasteiger partial charge in [-0.15, -0.1) is 0 Å². The Morgan fingerprint density at radius 2 is 1.89 bits per heavy atom. The number of methoxy groups -OCH3 is 1. The highest BCUT2D eigenvalue weighted by Gasteiger charge is 2.12. The lowest BCUT2D eigenvalue weighted by molar-refractivity contribution is 0.102. The molecule has 0 atom stereocenters. The highest BCUT2D eigenvalue weighted by Crippen LogP contribution is 2.25. The molecule has 3 rings (SSSR count). The summed E-state index contributed by atoms with van der Waals surface area (Å²) in [6, 6.07) is 14.7. The average Bonchev–Trinajstić information content (AvgIpc) is 2.68. The summed E-state index contributed by atoms with van der Waals surface area (Å²) in [5.74, 6) is 0.807. The minimum absolute atomic E-state index is 0.257. The van der Waals surface area contributed by atoms with Gasteiger partial charge in [-0.3, -0.25) is 4.79 Å². The third-order valence-electron chi connectivity index (χ3n) is 3.89. The lowest BCUT2D eigenvalue weighted by atomic mass is 10.2. The van der Waals surface area contributed by atoms with Crippen molar-refractivity contribution in [2.24, 2.45) is 0 Å². The van der Waals surface area contributed by atoms with Crippen LogP contribution in [-0.4, -0.2) is 23.0 Å². The summed E-state index contributed by atoms with van der Waals surface area (Å²) in [5, 5.41) is 6.69. The molecule has 0 aliphatic carbocycles. The van der Waals surface area contributed by atoms with Crippen LogP contribution in [0.25, 0.3) is 0 Å². The quantitative estimate of drug-likeness (QED) is 0.664. The number of carbonyl (C=O) groups is 1. The van der Waals surface area contributed by atoms with E-state index in [1.165, 1.54) is 6.33 Å². The number of nitrogens with one attached hydrogen (secondary N) is 2. The predicted molar refractivity (Wildman–Crippen MR) is 106 cm³/mol. The number of hydrogen-bond donors (Lipinski definition) is 2. The van der Waals surface area contributed by atoms with E-state index in [1.807, 2.05) is 49.4 Å². The molecular weight excluding hydrogens is 364 g/mol. The number of benzene rings is 2. The first kappa shape index (κ1) is 18.7. The summed E-state index contributed by atoms with van der Waals surface area (Å²) in [7, 11) is 1.56. The second-order valence-corrected chi connectivity index (χ2v) is 6.36. The molecule has 2 N–H and O–H groups in total. The van der Waals surface area contributed by atoms with Crippen molar-refractivity contribution in [2.75, 3.05) is 17.7 Å². The number of hydrogen-bond acceptors (Lipinski definition) is 5. The largest absolute Gasteiger partial charge is 0.495 e. The number of carbonyl (C=O) groups excluding carboxylic acids is 1. The Hall–Kier alpha value is -3.12. The first-order chi connectivity index (χ1) is 13.0. The van der Waals surface area contributed by atoms with E-state index in [9.17, 15) is 4.79 Å². The van der Waals surface area contributed by atoms with Crippen LogP contribution in [0.15, 0.2) is 54.9 Å². The van der Waals surface area contributed by atoms with Crippen molar-refractivity contribution in [1.82, 2.24) is 9.97 Å². The van der Waals surface area contributed by atoms with E-state index in [-0.39, 0.29) is 11.6 Å². The summed E-state index contributed by atoms with van der Waals surface area (Å²) >= 11 is 5.89. The van der Waals surface area contributed by atoms with E-state index in [0.29, 0.717) is 28.8 Å². The highest BCUT2D eigenvalue weighted by atomic mass is 35.5. The molecule has 0 aliphatic heterocycles. The van der Waals surface area contributed by atoms with Gasteiger partial charge in [-0.2, -0.15) is 0 Å². The summed E-state index contributed by atoms with van der Waals surface area (Å²) in [5.41, 5.74) is 2.91. The van der Waals surface area contributed by atoms with Crippen molar-refractivity contribution in [2.45, 2.75) is 13.5 Å². The molecule has 0 fully saturated rings. The zero-order valence-corrected chi connectivity index (χ0v) is 15.7. The zero-order chi connectivity index (χ0) is 19.2. The minimum Gasteiger partial charge on any atom is -0.495 e. The molecule has 0 spiro atoms. The van der Waals surface area contributed by atoms with Crippen molar-refractivity contribution in [3.05, 3.63) is 76.7 Å². The molecule has 0 saturated heterocycles. The topological polar surface area (TPSA) is 76.1 Å². The van der Waals surface area contributed by atoms with E-state index in [0.717, 1.165) is 11.1 Å². The van der Waals surface area contributed by atoms with Gasteiger partial charge in [-0.1, -0.05) is 29.8 Å². The normalized spacial score (nSPS) is 10.3. The molecule has 27 heavy (non-hydrogen) atoms. The maximum atomic E-state index is 12.6. The Morgan fingerprint density at radius 1 is 1.11 bits per heavy atom. The van der Waals surface area contributed by atoms with Gasteiger partial charge < -0.3 is 15.4 Å². The number of ether oxygens (including phenoxy) is 1. The van der Waals surface area contributed by atoms with Crippen molar-refractivity contribution in [1.29, 1.82) is 0 Å². The van der Waals surface area contributed by atoms with E-state index in [1.54, 1.807) is 13.2 Å². The number of anilines is 2. The van der Waals surface area contributed by atoms with Crippen LogP contribution >= 0.6 is 11.6 Å². The van der Waals surface area contributed by atoms with E-state index in [4.69, 9.17) is 16.3 Å². The van der Waals surface area contributed by atoms with Gasteiger partial charge >= 0.3 is 0 Å². The maximum absolute atomic E-state index is 12.6. The Labute approximate surface area is 162 Å². The molecule has 1 heterocycles. The third kappa shape index (κ3) is 4.95. The van der Waals surface area contributed by atoms with Gasteiger partial charge in [0.05, 0.1) is 12.8 Å². The van der Waals surface area contributed by atoms with E-state index >= 15 is 0 Å². The second kappa shape index (κ2) is 8.51. The Kier molecular flexibility index (Phi) is 5.88. The zero-order valence-electron chi connectivity index (χ0n) is 15.0. The molecule has 0 saturated carbocycles. The molecule has 6 nitrogen and oxygen atoms in total. The van der Waals surface area contributed by atoms with Crippen molar-refractivity contribution in [3.8, 4) is 5.75 Å². The molecule has 1 amide bonds. The van der Waals surface area contributed by atoms with Crippen LogP contribution < -0.4 is 15.4 Å². The van der Waals surface area contributed by atoms with Crippen molar-refractivity contribution >= 4 is 29.0 Å². The molecule has 0 aliphatic rings. The molecule has 138 valence electrons. The molecule has 0 bridgehead atoms. The van der Waals surface area contributed by atoms with Gasteiger partial charge in [-0.05, 0) is 42.3 Å². The van der Waals surface area contributed by atoms with Gasteiger partial charge in [0.15, 0.2) is 0 Å². The molecule has 3 aromatic rings. The van der Waals surface area contributed by atoms with Crippen molar-refractivity contribution < 1.29 is 9.53 Å². The Balaban J connectivity index is 1.70. The summed E-state index contributed by atoms with van der Waals surface area (Å²) in [6.07, 6.45) is 1.35. The Morgan fingerprint density at radius 3 is 2.63 bits per heavy atom. The summed E-state index contributed by atoms with van der Waals surface area (Å²) in [6.45, 7) is 2.50. The Bertz CT molecular complexity index is 945. The van der Waals surface area contributed by atoms with Crippen molar-refractivity contribution in [3.63, 3.8) is 0 Å². The highest BCUT2D eigenvalue weighted by molar-refractivity contribution is 6.30. The lowest BCUT2D eigenvalue weighted by Gasteiger charge is -2.11. The number of nitrogens with zero attached hydrogens (tertiary/aromatic N) is 2. The molecule has 0 unspecified atom stereocenters. The van der Waals surface area contributed by atoms with E-state index in [2.05, 4.69) is 20.6 Å². The average molecular weight is 383 g/mol. The number of rotatable bonds is 6. The molecule has 0 radical (unpaired) electrons. The van der Waals surface area contributed by atoms with Gasteiger partial charge in [0, 0.05) is 17.6 Å². The SMILES string of the molecule is COc1ccc(C)cc1NC(=O)c1cc(NCc2ccc(Cl)cc2)ncn1. The van der Waals surface area contributed by atoms with Crippen LogP contribution in [0.5, 0.6) is 5.75 Å². The fourth-order valence-corrected chi connectivity index (χ4v) is 2.60. The van der Waals surface area contributed by atoms with Crippen LogP contribution in [0, 0.1) is 6.92 Å². The van der Waals surface area contributed by atoms with Crippen LogP contribution in [0.1, 0.15) is 21.6 Å². The van der Waals surface area contributed by atoms with Crippen LogP contribution in [0.4, 0.5) is 11.5 Å². The molecule has 2 aromatic carbocycles. The third-order valence-corrected chi connectivity index (χ3v) is 4.14. The fourth-order valence-electron chi connectivity index (χ4n) is 2.48. The maximum Gasteiger partial charge on any atom is 0.274 e. The number of halogens is 1. The smallest absolute Gasteiger partial charge is 0.274 e. The number of aromatic nitrogens is 2.